The molecule has 1 aliphatic heterocycles. The second-order valence-corrected chi connectivity index (χ2v) is 9.29. The first-order valence-corrected chi connectivity index (χ1v) is 10.9. The summed E-state index contributed by atoms with van der Waals surface area (Å²) in [6.07, 6.45) is -1.03. The molecule has 0 aliphatic carbocycles. The zero-order chi connectivity index (χ0) is 24.4. The van der Waals surface area contributed by atoms with Crippen LogP contribution < -0.4 is 5.32 Å². The van der Waals surface area contributed by atoms with Crippen molar-refractivity contribution in [3.05, 3.63) is 24.2 Å². The van der Waals surface area contributed by atoms with Crippen molar-refractivity contribution >= 4 is 23.2 Å². The monoisotopic (exact) mass is 464 g/mol. The molecule has 3 rings (SSSR count). The fraction of sp³-hybridized carbons (Fsp3) is 0.636. The van der Waals surface area contributed by atoms with Crippen LogP contribution in [0.1, 0.15) is 53.2 Å². The van der Waals surface area contributed by atoms with Crippen LogP contribution in [0.3, 0.4) is 0 Å². The predicted molar refractivity (Wildman–Crippen MR) is 117 cm³/mol. The number of nitrogens with one attached hydrogen (secondary N) is 1. The van der Waals surface area contributed by atoms with E-state index in [2.05, 4.69) is 15.4 Å². The van der Waals surface area contributed by atoms with Gasteiger partial charge in [0, 0.05) is 6.42 Å². The Balaban J connectivity index is 1.73. The van der Waals surface area contributed by atoms with Crippen LogP contribution in [0.5, 0.6) is 0 Å². The molecule has 0 unspecified atom stereocenters. The molecule has 0 radical (unpaired) electrons. The molecular weight excluding hydrogens is 432 g/mol. The van der Waals surface area contributed by atoms with Gasteiger partial charge in [0.25, 0.3) is 0 Å². The minimum atomic E-state index is -1.32. The summed E-state index contributed by atoms with van der Waals surface area (Å²) >= 11 is 0. The zero-order valence-electron chi connectivity index (χ0n) is 19.6. The molecule has 3 heterocycles. The molecule has 33 heavy (non-hydrogen) atoms. The molecule has 182 valence electrons. The lowest BCUT2D eigenvalue weighted by atomic mass is 9.93. The van der Waals surface area contributed by atoms with Crippen LogP contribution in [0.25, 0.3) is 5.52 Å². The number of carbonyl (C=O) groups is 2. The molecule has 11 heteroatoms. The summed E-state index contributed by atoms with van der Waals surface area (Å²) in [6.45, 7) is 8.34. The normalized spacial score (nSPS) is 25.4. The van der Waals surface area contributed by atoms with Crippen LogP contribution in [-0.2, 0) is 29.4 Å². The number of ether oxygens (including phenoxy) is 3. The van der Waals surface area contributed by atoms with E-state index < -0.39 is 35.3 Å². The van der Waals surface area contributed by atoms with Gasteiger partial charge in [0.1, 0.15) is 35.8 Å². The highest BCUT2D eigenvalue weighted by molar-refractivity contribution is 5.93. The lowest BCUT2D eigenvalue weighted by Gasteiger charge is -2.27. The highest BCUT2D eigenvalue weighted by Gasteiger charge is 2.53. The van der Waals surface area contributed by atoms with Gasteiger partial charge in [-0.3, -0.25) is 9.59 Å². The second kappa shape index (κ2) is 9.72. The molecule has 2 aromatic heterocycles. The Morgan fingerprint density at radius 2 is 2.03 bits per heavy atom. The van der Waals surface area contributed by atoms with Crippen molar-refractivity contribution in [2.24, 2.45) is 5.41 Å². The topological polar surface area (TPSA) is 145 Å². The van der Waals surface area contributed by atoms with Crippen LogP contribution in [0, 0.1) is 5.41 Å². The van der Waals surface area contributed by atoms with Crippen molar-refractivity contribution in [1.29, 1.82) is 0 Å². The largest absolute Gasteiger partial charge is 0.438 e. The van der Waals surface area contributed by atoms with Crippen molar-refractivity contribution in [1.82, 2.24) is 14.6 Å². The Hall–Kier alpha value is -2.60. The number of aromatic nitrogens is 3. The van der Waals surface area contributed by atoms with Crippen LogP contribution in [-0.4, -0.2) is 68.4 Å². The van der Waals surface area contributed by atoms with Crippen molar-refractivity contribution in [3.63, 3.8) is 0 Å². The van der Waals surface area contributed by atoms with Crippen LogP contribution in [0.15, 0.2) is 18.5 Å². The van der Waals surface area contributed by atoms with E-state index in [0.717, 1.165) is 0 Å². The third-order valence-electron chi connectivity index (χ3n) is 5.53. The lowest BCUT2D eigenvalue weighted by Crippen LogP contribution is -2.39. The van der Waals surface area contributed by atoms with Gasteiger partial charge in [-0.05, 0) is 46.2 Å². The molecule has 3 N–H and O–H groups in total. The first-order chi connectivity index (χ1) is 15.5. The summed E-state index contributed by atoms with van der Waals surface area (Å²) in [7, 11) is 0. The Bertz CT molecular complexity index is 1000. The SMILES string of the molecule is CCCC(=O)Nc1ncnn2c([C@]3(C)O[C@H](COCOC(=O)C(C)(C)C)[C@@H](O)[C@H]3O)ccc12. The number of aliphatic hydroxyl groups excluding tert-OH is 2. The van der Waals surface area contributed by atoms with E-state index in [-0.39, 0.29) is 19.3 Å². The average Bonchev–Trinajstić information content (AvgIpc) is 3.27. The van der Waals surface area contributed by atoms with Gasteiger partial charge >= 0.3 is 5.97 Å². The van der Waals surface area contributed by atoms with Crippen LogP contribution >= 0.6 is 0 Å². The van der Waals surface area contributed by atoms with Gasteiger partial charge in [-0.2, -0.15) is 5.10 Å². The number of amides is 1. The first kappa shape index (κ1) is 25.0. The maximum Gasteiger partial charge on any atom is 0.313 e. The number of nitrogens with zero attached hydrogens (tertiary/aromatic N) is 3. The number of carbonyl (C=O) groups excluding carboxylic acids is 2. The maximum atomic E-state index is 12.0. The molecule has 0 saturated carbocycles. The molecule has 0 aromatic carbocycles. The third-order valence-corrected chi connectivity index (χ3v) is 5.53. The summed E-state index contributed by atoms with van der Waals surface area (Å²) in [5.41, 5.74) is -0.980. The van der Waals surface area contributed by atoms with Gasteiger partial charge in [-0.1, -0.05) is 6.92 Å². The summed E-state index contributed by atoms with van der Waals surface area (Å²) in [4.78, 5) is 28.0. The Morgan fingerprint density at radius 1 is 1.30 bits per heavy atom. The quantitative estimate of drug-likeness (QED) is 0.300. The number of aliphatic hydroxyl groups is 2. The van der Waals surface area contributed by atoms with Crippen molar-refractivity contribution in [2.75, 3.05) is 18.7 Å². The number of rotatable bonds is 8. The van der Waals surface area contributed by atoms with E-state index in [1.165, 1.54) is 10.8 Å². The van der Waals surface area contributed by atoms with Gasteiger partial charge in [0.15, 0.2) is 12.6 Å². The smallest absolute Gasteiger partial charge is 0.313 e. The summed E-state index contributed by atoms with van der Waals surface area (Å²) in [6, 6.07) is 3.41. The van der Waals surface area contributed by atoms with Crippen LogP contribution in [0.2, 0.25) is 0 Å². The van der Waals surface area contributed by atoms with Gasteiger partial charge in [0.2, 0.25) is 5.91 Å². The average molecular weight is 465 g/mol. The van der Waals surface area contributed by atoms with Gasteiger partial charge in [-0.15, -0.1) is 0 Å². The van der Waals surface area contributed by atoms with E-state index in [1.54, 1.807) is 39.8 Å². The number of esters is 1. The number of hydrogen-bond donors (Lipinski definition) is 3. The van der Waals surface area contributed by atoms with E-state index in [0.29, 0.717) is 29.9 Å². The van der Waals surface area contributed by atoms with Crippen molar-refractivity contribution in [3.8, 4) is 0 Å². The van der Waals surface area contributed by atoms with E-state index in [4.69, 9.17) is 14.2 Å². The van der Waals surface area contributed by atoms with Gasteiger partial charge in [0.05, 0.1) is 17.7 Å². The highest BCUT2D eigenvalue weighted by Crippen LogP contribution is 2.40. The third kappa shape index (κ3) is 5.16. The molecule has 1 amide bonds. The van der Waals surface area contributed by atoms with Crippen LogP contribution in [0.4, 0.5) is 5.82 Å². The Labute approximate surface area is 192 Å². The predicted octanol–water partition coefficient (Wildman–Crippen LogP) is 1.37. The minimum Gasteiger partial charge on any atom is -0.438 e. The van der Waals surface area contributed by atoms with E-state index in [9.17, 15) is 19.8 Å². The van der Waals surface area contributed by atoms with Crippen molar-refractivity contribution < 1.29 is 34.0 Å². The number of anilines is 1. The summed E-state index contributed by atoms with van der Waals surface area (Å²) in [5, 5.41) is 28.4. The first-order valence-electron chi connectivity index (χ1n) is 10.9. The fourth-order valence-electron chi connectivity index (χ4n) is 3.63. The van der Waals surface area contributed by atoms with E-state index >= 15 is 0 Å². The number of fused-ring (bicyclic) bond motifs is 1. The Kier molecular flexibility index (Phi) is 7.37. The Morgan fingerprint density at radius 3 is 2.70 bits per heavy atom. The standard InChI is InChI=1S/C22H32N4O7/c1-6-7-16(27)25-19-13-8-9-15(26(13)24-11-23-19)22(5)18(29)17(28)14(33-22)10-31-12-32-20(30)21(2,3)4/h8-9,11,14,17-18,28-29H,6-7,10,12H2,1-5H3,(H,23,24,25,27)/t14-,17-,18-,22+/m1/s1. The molecule has 1 aliphatic rings. The number of hydrogen-bond acceptors (Lipinski definition) is 9. The second-order valence-electron chi connectivity index (χ2n) is 9.29. The van der Waals surface area contributed by atoms with Gasteiger partial charge < -0.3 is 29.7 Å². The minimum absolute atomic E-state index is 0.0954. The zero-order valence-corrected chi connectivity index (χ0v) is 19.6. The molecule has 1 saturated heterocycles. The molecule has 11 nitrogen and oxygen atoms in total. The van der Waals surface area contributed by atoms with Crippen molar-refractivity contribution in [2.45, 2.75) is 71.4 Å². The summed E-state index contributed by atoms with van der Waals surface area (Å²) in [5.74, 6) is -0.239. The maximum absolute atomic E-state index is 12.0. The molecule has 0 bridgehead atoms. The lowest BCUT2D eigenvalue weighted by molar-refractivity contribution is -0.171. The fourth-order valence-corrected chi connectivity index (χ4v) is 3.63. The molecule has 0 spiro atoms. The highest BCUT2D eigenvalue weighted by atomic mass is 16.7. The molecule has 2 aromatic rings. The molecule has 1 fully saturated rings. The molecular formula is C22H32N4O7. The molecule has 4 atom stereocenters. The van der Waals surface area contributed by atoms with Gasteiger partial charge in [-0.25, -0.2) is 9.50 Å². The van der Waals surface area contributed by atoms with E-state index in [1.807, 2.05) is 6.92 Å². The summed E-state index contributed by atoms with van der Waals surface area (Å²) < 4.78 is 18.0.